The summed E-state index contributed by atoms with van der Waals surface area (Å²) < 4.78 is 4.82. The maximum Gasteiger partial charge on any atom is 0.325 e. The van der Waals surface area contributed by atoms with Crippen LogP contribution in [0.15, 0.2) is 47.4 Å². The Bertz CT molecular complexity index is 673. The van der Waals surface area contributed by atoms with Gasteiger partial charge in [-0.2, -0.15) is 0 Å². The molecule has 2 N–H and O–H groups in total. The third-order valence-corrected chi connectivity index (χ3v) is 5.38. The van der Waals surface area contributed by atoms with Gasteiger partial charge in [0.2, 0.25) is 0 Å². The Morgan fingerprint density at radius 3 is 2.81 bits per heavy atom. The van der Waals surface area contributed by atoms with Crippen molar-refractivity contribution in [3.8, 4) is 0 Å². The van der Waals surface area contributed by atoms with E-state index >= 15 is 0 Å². The fraction of sp³-hybridized carbons (Fsp3) is 0.353. The van der Waals surface area contributed by atoms with E-state index in [-0.39, 0.29) is 5.97 Å². The van der Waals surface area contributed by atoms with Gasteiger partial charge in [-0.25, -0.2) is 0 Å². The summed E-state index contributed by atoms with van der Waals surface area (Å²) in [7, 11) is 1.40. The topological polar surface area (TPSA) is 52.3 Å². The number of benzene rings is 2. The summed E-state index contributed by atoms with van der Waals surface area (Å²) in [6, 6.07) is 14.8. The highest BCUT2D eigenvalue weighted by atomic mass is 32.2. The van der Waals surface area contributed by atoms with Crippen molar-refractivity contribution in [1.82, 2.24) is 0 Å². The molecule has 4 heteroatoms. The number of esters is 1. The first kappa shape index (κ1) is 14.4. The SMILES string of the molecule is COC(=O)C1(N)CCC(Sc2ccc3ccccc3c2)C1. The van der Waals surface area contributed by atoms with Gasteiger partial charge in [0, 0.05) is 10.1 Å². The van der Waals surface area contributed by atoms with E-state index in [9.17, 15) is 4.79 Å². The molecule has 1 aliphatic carbocycles. The summed E-state index contributed by atoms with van der Waals surface area (Å²) in [4.78, 5) is 13.0. The van der Waals surface area contributed by atoms with Gasteiger partial charge in [0.25, 0.3) is 0 Å². The third kappa shape index (κ3) is 2.92. The molecule has 0 spiro atoms. The number of carbonyl (C=O) groups is 1. The summed E-state index contributed by atoms with van der Waals surface area (Å²) in [5.74, 6) is -0.288. The van der Waals surface area contributed by atoms with Crippen LogP contribution < -0.4 is 5.73 Å². The fourth-order valence-corrected chi connectivity index (χ4v) is 4.29. The van der Waals surface area contributed by atoms with E-state index in [0.717, 1.165) is 6.42 Å². The van der Waals surface area contributed by atoms with Gasteiger partial charge in [0.1, 0.15) is 5.54 Å². The highest BCUT2D eigenvalue weighted by Gasteiger charge is 2.43. The molecule has 0 amide bonds. The molecule has 1 fully saturated rings. The van der Waals surface area contributed by atoms with E-state index in [1.54, 1.807) is 0 Å². The van der Waals surface area contributed by atoms with Crippen molar-refractivity contribution < 1.29 is 9.53 Å². The lowest BCUT2D eigenvalue weighted by atomic mass is 10.00. The van der Waals surface area contributed by atoms with E-state index in [2.05, 4.69) is 36.4 Å². The van der Waals surface area contributed by atoms with E-state index in [4.69, 9.17) is 10.5 Å². The second-order valence-corrected chi connectivity index (χ2v) is 7.01. The molecule has 1 aliphatic rings. The van der Waals surface area contributed by atoms with Crippen LogP contribution in [0.2, 0.25) is 0 Å². The highest BCUT2D eigenvalue weighted by Crippen LogP contribution is 2.40. The monoisotopic (exact) mass is 301 g/mol. The molecule has 0 aromatic heterocycles. The maximum absolute atomic E-state index is 11.8. The molecular formula is C17H19NO2S. The molecule has 0 radical (unpaired) electrons. The molecule has 3 rings (SSSR count). The van der Waals surface area contributed by atoms with Gasteiger partial charge < -0.3 is 10.5 Å². The summed E-state index contributed by atoms with van der Waals surface area (Å²) in [5.41, 5.74) is 5.36. The van der Waals surface area contributed by atoms with Gasteiger partial charge >= 0.3 is 5.97 Å². The zero-order chi connectivity index (χ0) is 14.9. The maximum atomic E-state index is 11.8. The predicted molar refractivity (Wildman–Crippen MR) is 86.4 cm³/mol. The minimum absolute atomic E-state index is 0.288. The Kier molecular flexibility index (Phi) is 3.91. The van der Waals surface area contributed by atoms with Crippen molar-refractivity contribution >= 4 is 28.5 Å². The van der Waals surface area contributed by atoms with Crippen LogP contribution in [0.4, 0.5) is 0 Å². The van der Waals surface area contributed by atoms with E-state index in [1.165, 1.54) is 22.8 Å². The average molecular weight is 301 g/mol. The quantitative estimate of drug-likeness (QED) is 0.883. The van der Waals surface area contributed by atoms with Gasteiger partial charge in [-0.15, -0.1) is 11.8 Å². The van der Waals surface area contributed by atoms with Crippen molar-refractivity contribution in [2.45, 2.75) is 34.9 Å². The molecule has 110 valence electrons. The van der Waals surface area contributed by atoms with Crippen LogP contribution in [0.3, 0.4) is 0 Å². The third-order valence-electron chi connectivity index (χ3n) is 4.12. The molecule has 0 aliphatic heterocycles. The predicted octanol–water partition coefficient (Wildman–Crippen LogP) is 3.35. The van der Waals surface area contributed by atoms with Crippen molar-refractivity contribution in [1.29, 1.82) is 0 Å². The van der Waals surface area contributed by atoms with Crippen LogP contribution in [0.25, 0.3) is 10.8 Å². The molecule has 0 saturated heterocycles. The number of hydrogen-bond donors (Lipinski definition) is 1. The molecule has 0 bridgehead atoms. The van der Waals surface area contributed by atoms with Crippen LogP contribution in [0.5, 0.6) is 0 Å². The van der Waals surface area contributed by atoms with Gasteiger partial charge in [-0.3, -0.25) is 4.79 Å². The number of fused-ring (bicyclic) bond motifs is 1. The zero-order valence-corrected chi connectivity index (χ0v) is 12.9. The minimum Gasteiger partial charge on any atom is -0.468 e. The number of rotatable bonds is 3. The number of thioether (sulfide) groups is 1. The minimum atomic E-state index is -0.802. The van der Waals surface area contributed by atoms with Crippen LogP contribution in [-0.4, -0.2) is 23.9 Å². The van der Waals surface area contributed by atoms with Crippen LogP contribution in [-0.2, 0) is 9.53 Å². The summed E-state index contributed by atoms with van der Waals surface area (Å²) in [6.45, 7) is 0. The Morgan fingerprint density at radius 1 is 1.29 bits per heavy atom. The molecular weight excluding hydrogens is 282 g/mol. The molecule has 2 aromatic rings. The van der Waals surface area contributed by atoms with Crippen LogP contribution in [0.1, 0.15) is 19.3 Å². The summed E-state index contributed by atoms with van der Waals surface area (Å²) in [5, 5.41) is 2.86. The van der Waals surface area contributed by atoms with Gasteiger partial charge in [0.05, 0.1) is 7.11 Å². The standard InChI is InChI=1S/C17H19NO2S/c1-20-16(19)17(18)9-8-15(11-17)21-14-7-6-12-4-2-3-5-13(12)10-14/h2-7,10,15H,8-9,11,18H2,1H3. The first-order valence-electron chi connectivity index (χ1n) is 7.13. The fourth-order valence-electron chi connectivity index (χ4n) is 2.95. The molecule has 2 aromatic carbocycles. The number of methoxy groups -OCH3 is 1. The van der Waals surface area contributed by atoms with E-state index in [0.29, 0.717) is 18.1 Å². The number of nitrogens with two attached hydrogens (primary N) is 1. The van der Waals surface area contributed by atoms with Crippen molar-refractivity contribution in [3.05, 3.63) is 42.5 Å². The van der Waals surface area contributed by atoms with Crippen molar-refractivity contribution in [2.24, 2.45) is 5.73 Å². The summed E-state index contributed by atoms with van der Waals surface area (Å²) >= 11 is 1.81. The Labute approximate surface area is 128 Å². The Morgan fingerprint density at radius 2 is 2.05 bits per heavy atom. The lowest BCUT2D eigenvalue weighted by molar-refractivity contribution is -0.146. The normalized spacial score (nSPS) is 25.1. The first-order chi connectivity index (χ1) is 10.1. The summed E-state index contributed by atoms with van der Waals surface area (Å²) in [6.07, 6.45) is 2.32. The van der Waals surface area contributed by atoms with Crippen LogP contribution in [0, 0.1) is 0 Å². The lowest BCUT2D eigenvalue weighted by Crippen LogP contribution is -2.46. The second kappa shape index (κ2) is 5.70. The van der Waals surface area contributed by atoms with Gasteiger partial charge in [-0.05, 0) is 42.2 Å². The zero-order valence-electron chi connectivity index (χ0n) is 12.0. The Hall–Kier alpha value is -1.52. The number of carbonyl (C=O) groups excluding carboxylic acids is 1. The van der Waals surface area contributed by atoms with Crippen molar-refractivity contribution in [3.63, 3.8) is 0 Å². The van der Waals surface area contributed by atoms with Crippen molar-refractivity contribution in [2.75, 3.05) is 7.11 Å². The van der Waals surface area contributed by atoms with Crippen LogP contribution >= 0.6 is 11.8 Å². The smallest absolute Gasteiger partial charge is 0.325 e. The second-order valence-electron chi connectivity index (χ2n) is 5.64. The molecule has 3 nitrogen and oxygen atoms in total. The van der Waals surface area contributed by atoms with Gasteiger partial charge in [0.15, 0.2) is 0 Å². The molecule has 0 heterocycles. The first-order valence-corrected chi connectivity index (χ1v) is 8.01. The molecule has 1 saturated carbocycles. The molecule has 2 atom stereocenters. The largest absolute Gasteiger partial charge is 0.468 e. The lowest BCUT2D eigenvalue weighted by Gasteiger charge is -2.20. The number of ether oxygens (including phenoxy) is 1. The van der Waals surface area contributed by atoms with E-state index < -0.39 is 5.54 Å². The highest BCUT2D eigenvalue weighted by molar-refractivity contribution is 8.00. The number of hydrogen-bond acceptors (Lipinski definition) is 4. The van der Waals surface area contributed by atoms with Gasteiger partial charge in [-0.1, -0.05) is 30.3 Å². The average Bonchev–Trinajstić information content (AvgIpc) is 2.88. The molecule has 2 unspecified atom stereocenters. The Balaban J connectivity index is 1.73. The van der Waals surface area contributed by atoms with E-state index in [1.807, 2.05) is 17.8 Å². The molecule has 21 heavy (non-hydrogen) atoms.